The molecule has 1 rings (SSSR count). The topological polar surface area (TPSA) is 9.23 Å². The Labute approximate surface area is 107 Å². The van der Waals surface area contributed by atoms with Gasteiger partial charge < -0.3 is 4.43 Å². The van der Waals surface area contributed by atoms with Gasteiger partial charge in [-0.25, -0.2) is 0 Å². The maximum Gasteiger partial charge on any atom is 0.250 e. The highest BCUT2D eigenvalue weighted by Gasteiger charge is 2.38. The molecule has 0 saturated carbocycles. The normalized spacial score (nSPS) is 13.6. The number of rotatable bonds is 3. The van der Waals surface area contributed by atoms with E-state index in [0.29, 0.717) is 0 Å². The molecule has 0 aliphatic carbocycles. The summed E-state index contributed by atoms with van der Waals surface area (Å²) in [6, 6.07) is 10.3. The summed E-state index contributed by atoms with van der Waals surface area (Å²) in [5.41, 5.74) is 1.20. The predicted octanol–water partition coefficient (Wildman–Crippen LogP) is 5.07. The first-order chi connectivity index (χ1) is 7.72. The second kappa shape index (κ2) is 5.09. The lowest BCUT2D eigenvalue weighted by Gasteiger charge is -2.36. The number of benzene rings is 1. The molecule has 2 heteroatoms. The van der Waals surface area contributed by atoms with Crippen molar-refractivity contribution in [2.75, 3.05) is 0 Å². The van der Waals surface area contributed by atoms with Crippen molar-refractivity contribution in [3.63, 3.8) is 0 Å². The molecule has 0 atom stereocenters. The SMILES string of the molecule is C/C(=C\c1ccccc1)O[Si](C)(C)C(C)(C)C. The zero-order valence-electron chi connectivity index (χ0n) is 11.9. The molecule has 0 N–H and O–H groups in total. The van der Waals surface area contributed by atoms with Crippen molar-refractivity contribution in [1.29, 1.82) is 0 Å². The van der Waals surface area contributed by atoms with Gasteiger partial charge in [-0.1, -0.05) is 51.1 Å². The molecule has 1 aromatic carbocycles. The van der Waals surface area contributed by atoms with Crippen molar-refractivity contribution in [3.05, 3.63) is 41.7 Å². The molecule has 94 valence electrons. The fourth-order valence-corrected chi connectivity index (χ4v) is 2.54. The molecule has 0 bridgehead atoms. The Kier molecular flexibility index (Phi) is 4.20. The van der Waals surface area contributed by atoms with Gasteiger partial charge in [0.25, 0.3) is 0 Å². The van der Waals surface area contributed by atoms with E-state index in [1.165, 1.54) is 5.56 Å². The van der Waals surface area contributed by atoms with Gasteiger partial charge in [-0.3, -0.25) is 0 Å². The second-order valence-electron chi connectivity index (χ2n) is 6.03. The lowest BCUT2D eigenvalue weighted by molar-refractivity contribution is 0.390. The van der Waals surface area contributed by atoms with E-state index < -0.39 is 8.32 Å². The van der Waals surface area contributed by atoms with Gasteiger partial charge in [-0.15, -0.1) is 0 Å². The van der Waals surface area contributed by atoms with Crippen LogP contribution in [0.15, 0.2) is 36.1 Å². The van der Waals surface area contributed by atoms with Gasteiger partial charge >= 0.3 is 0 Å². The molecule has 0 aromatic heterocycles. The Hall–Kier alpha value is -1.02. The highest BCUT2D eigenvalue weighted by molar-refractivity contribution is 6.74. The minimum atomic E-state index is -1.69. The van der Waals surface area contributed by atoms with Crippen LogP contribution in [0, 0.1) is 0 Å². The Bertz CT molecular complexity index is 385. The lowest BCUT2D eigenvalue weighted by Crippen LogP contribution is -2.40. The molecular formula is C15H24OSi. The first kappa shape index (κ1) is 14.0. The molecule has 0 saturated heterocycles. The molecule has 17 heavy (non-hydrogen) atoms. The highest BCUT2D eigenvalue weighted by Crippen LogP contribution is 2.37. The predicted molar refractivity (Wildman–Crippen MR) is 78.4 cm³/mol. The summed E-state index contributed by atoms with van der Waals surface area (Å²) < 4.78 is 6.21. The average Bonchev–Trinajstić information content (AvgIpc) is 2.16. The maximum absolute atomic E-state index is 6.21. The Morgan fingerprint density at radius 2 is 1.65 bits per heavy atom. The van der Waals surface area contributed by atoms with Crippen molar-refractivity contribution in [2.45, 2.75) is 45.8 Å². The van der Waals surface area contributed by atoms with Crippen LogP contribution in [0.2, 0.25) is 18.1 Å². The van der Waals surface area contributed by atoms with Crippen LogP contribution in [-0.4, -0.2) is 8.32 Å². The highest BCUT2D eigenvalue weighted by atomic mass is 28.4. The van der Waals surface area contributed by atoms with E-state index in [9.17, 15) is 0 Å². The van der Waals surface area contributed by atoms with Crippen LogP contribution in [0.1, 0.15) is 33.3 Å². The van der Waals surface area contributed by atoms with E-state index in [1.54, 1.807) is 0 Å². The quantitative estimate of drug-likeness (QED) is 0.536. The number of hydrogen-bond acceptors (Lipinski definition) is 1. The summed E-state index contributed by atoms with van der Waals surface area (Å²) in [6.07, 6.45) is 2.11. The largest absolute Gasteiger partial charge is 0.547 e. The second-order valence-corrected chi connectivity index (χ2v) is 10.8. The van der Waals surface area contributed by atoms with Crippen LogP contribution in [0.4, 0.5) is 0 Å². The molecule has 0 amide bonds. The van der Waals surface area contributed by atoms with Crippen molar-refractivity contribution < 1.29 is 4.43 Å². The number of allylic oxidation sites excluding steroid dienone is 1. The van der Waals surface area contributed by atoms with Crippen LogP contribution in [0.25, 0.3) is 6.08 Å². The summed E-state index contributed by atoms with van der Waals surface area (Å²) in [5, 5.41) is 0.249. The van der Waals surface area contributed by atoms with Crippen LogP contribution in [0.5, 0.6) is 0 Å². The van der Waals surface area contributed by atoms with Gasteiger partial charge in [0, 0.05) is 0 Å². The molecule has 0 aliphatic heterocycles. The van der Waals surface area contributed by atoms with E-state index >= 15 is 0 Å². The molecular weight excluding hydrogens is 224 g/mol. The molecule has 1 nitrogen and oxygen atoms in total. The van der Waals surface area contributed by atoms with Crippen molar-refractivity contribution in [3.8, 4) is 0 Å². The van der Waals surface area contributed by atoms with Crippen LogP contribution in [0.3, 0.4) is 0 Å². The molecule has 0 unspecified atom stereocenters. The monoisotopic (exact) mass is 248 g/mol. The Balaban J connectivity index is 2.80. The van der Waals surface area contributed by atoms with Crippen LogP contribution >= 0.6 is 0 Å². The molecule has 0 heterocycles. The first-order valence-corrected chi connectivity index (χ1v) is 9.05. The average molecular weight is 248 g/mol. The van der Waals surface area contributed by atoms with E-state index in [1.807, 2.05) is 25.1 Å². The molecule has 0 spiro atoms. The summed E-state index contributed by atoms with van der Waals surface area (Å²) >= 11 is 0. The van der Waals surface area contributed by atoms with E-state index in [4.69, 9.17) is 4.43 Å². The minimum Gasteiger partial charge on any atom is -0.547 e. The molecule has 0 radical (unpaired) electrons. The molecule has 1 aromatic rings. The third-order valence-corrected chi connectivity index (χ3v) is 7.84. The molecule has 0 aliphatic rings. The van der Waals surface area contributed by atoms with Crippen molar-refractivity contribution >= 4 is 14.4 Å². The lowest BCUT2D eigenvalue weighted by atomic mass is 10.2. The summed E-state index contributed by atoms with van der Waals surface area (Å²) in [4.78, 5) is 0. The van der Waals surface area contributed by atoms with Gasteiger partial charge in [0.05, 0.1) is 5.76 Å². The minimum absolute atomic E-state index is 0.249. The fourth-order valence-electron chi connectivity index (χ4n) is 1.37. The summed E-state index contributed by atoms with van der Waals surface area (Å²) in [7, 11) is -1.69. The van der Waals surface area contributed by atoms with Gasteiger partial charge in [-0.05, 0) is 36.7 Å². The third kappa shape index (κ3) is 4.04. The third-order valence-electron chi connectivity index (χ3n) is 3.39. The van der Waals surface area contributed by atoms with E-state index in [-0.39, 0.29) is 5.04 Å². The summed E-state index contributed by atoms with van der Waals surface area (Å²) in [5.74, 6) is 1.02. The van der Waals surface area contributed by atoms with Gasteiger partial charge in [0.2, 0.25) is 8.32 Å². The summed E-state index contributed by atoms with van der Waals surface area (Å²) in [6.45, 7) is 13.4. The van der Waals surface area contributed by atoms with Crippen LogP contribution < -0.4 is 0 Å². The van der Waals surface area contributed by atoms with Crippen LogP contribution in [-0.2, 0) is 4.43 Å². The Morgan fingerprint density at radius 3 is 2.12 bits per heavy atom. The van der Waals surface area contributed by atoms with E-state index in [2.05, 4.69) is 52.1 Å². The smallest absolute Gasteiger partial charge is 0.250 e. The number of hydrogen-bond donors (Lipinski definition) is 0. The zero-order chi connectivity index (χ0) is 13.1. The van der Waals surface area contributed by atoms with Gasteiger partial charge in [0.1, 0.15) is 0 Å². The van der Waals surface area contributed by atoms with Gasteiger partial charge in [-0.2, -0.15) is 0 Å². The fraction of sp³-hybridized carbons (Fsp3) is 0.467. The molecule has 0 fully saturated rings. The maximum atomic E-state index is 6.21. The van der Waals surface area contributed by atoms with Crippen molar-refractivity contribution in [2.24, 2.45) is 0 Å². The van der Waals surface area contributed by atoms with Crippen molar-refractivity contribution in [1.82, 2.24) is 0 Å². The van der Waals surface area contributed by atoms with Gasteiger partial charge in [0.15, 0.2) is 0 Å². The Morgan fingerprint density at radius 1 is 1.12 bits per heavy atom. The zero-order valence-corrected chi connectivity index (χ0v) is 12.9. The van der Waals surface area contributed by atoms with E-state index in [0.717, 1.165) is 5.76 Å². The first-order valence-electron chi connectivity index (χ1n) is 6.15. The standard InChI is InChI=1S/C15H24OSi/c1-13(12-14-10-8-7-9-11-14)16-17(5,6)15(2,3)4/h7-12H,1-6H3/b13-12+.